The summed E-state index contributed by atoms with van der Waals surface area (Å²) in [5, 5.41) is 9.83. The maximum atomic E-state index is 7.36. The third kappa shape index (κ3) is 1.86. The summed E-state index contributed by atoms with van der Waals surface area (Å²) in [4.78, 5) is 6.08. The van der Waals surface area contributed by atoms with Crippen LogP contribution in [0.4, 0.5) is 5.13 Å². The molecule has 2 aromatic rings. The van der Waals surface area contributed by atoms with Crippen molar-refractivity contribution in [3.8, 4) is 11.3 Å². The minimum atomic E-state index is 0.0950. The molecule has 0 bridgehead atoms. The van der Waals surface area contributed by atoms with Gasteiger partial charge in [0.25, 0.3) is 0 Å². The Labute approximate surface area is 95.1 Å². The highest BCUT2D eigenvalue weighted by Crippen LogP contribution is 2.31. The maximum absolute atomic E-state index is 7.36. The Morgan fingerprint density at radius 3 is 2.73 bits per heavy atom. The van der Waals surface area contributed by atoms with Crippen molar-refractivity contribution >= 4 is 33.6 Å². The van der Waals surface area contributed by atoms with E-state index in [4.69, 9.17) is 16.9 Å². The molecule has 2 rings (SSSR count). The lowest BCUT2D eigenvalue weighted by Gasteiger charge is -1.91. The third-order valence-corrected chi connectivity index (χ3v) is 3.74. The van der Waals surface area contributed by atoms with Crippen LogP contribution >= 0.6 is 22.7 Å². The van der Waals surface area contributed by atoms with Gasteiger partial charge in [0, 0.05) is 15.8 Å². The van der Waals surface area contributed by atoms with Gasteiger partial charge in [-0.3, -0.25) is 5.41 Å². The molecule has 0 spiro atoms. The Kier molecular flexibility index (Phi) is 2.45. The zero-order valence-corrected chi connectivity index (χ0v) is 9.71. The molecule has 0 unspecified atom stereocenters. The minimum absolute atomic E-state index is 0.0950. The highest BCUT2D eigenvalue weighted by molar-refractivity contribution is 7.15. The molecule has 0 radical (unpaired) electrons. The molecule has 0 aromatic carbocycles. The van der Waals surface area contributed by atoms with Gasteiger partial charge in [0.05, 0.1) is 10.6 Å². The fourth-order valence-corrected chi connectivity index (χ4v) is 2.73. The first-order valence-corrected chi connectivity index (χ1v) is 5.93. The van der Waals surface area contributed by atoms with Gasteiger partial charge in [-0.2, -0.15) is 0 Å². The topological polar surface area (TPSA) is 88.8 Å². The fraction of sp³-hybridized carbons (Fsp3) is 0.111. The molecule has 0 fully saturated rings. The Balaban J connectivity index is 2.49. The van der Waals surface area contributed by atoms with Crippen LogP contribution in [0.3, 0.4) is 0 Å². The number of hydrogen-bond acceptors (Lipinski definition) is 5. The van der Waals surface area contributed by atoms with Crippen LogP contribution in [0.1, 0.15) is 9.75 Å². The molecule has 6 heteroatoms. The molecule has 0 amide bonds. The number of amidine groups is 1. The predicted octanol–water partition coefficient (Wildman–Crippen LogP) is 2.05. The number of thiophene rings is 1. The number of aryl methyl sites for hydroxylation is 1. The molecule has 0 aliphatic rings. The molecule has 4 nitrogen and oxygen atoms in total. The summed E-state index contributed by atoms with van der Waals surface area (Å²) >= 11 is 2.91. The van der Waals surface area contributed by atoms with E-state index in [1.165, 1.54) is 22.7 Å². The third-order valence-electron chi connectivity index (χ3n) is 1.98. The first kappa shape index (κ1) is 10.1. The Hall–Kier alpha value is -1.40. The summed E-state index contributed by atoms with van der Waals surface area (Å²) in [6, 6.07) is 1.89. The summed E-state index contributed by atoms with van der Waals surface area (Å²) in [6.45, 7) is 1.99. The van der Waals surface area contributed by atoms with Gasteiger partial charge in [-0.05, 0) is 13.0 Å². The summed E-state index contributed by atoms with van der Waals surface area (Å²) in [6.07, 6.45) is 0. The number of hydrogen-bond donors (Lipinski definition) is 3. The van der Waals surface area contributed by atoms with Gasteiger partial charge in [0.2, 0.25) is 0 Å². The van der Waals surface area contributed by atoms with Gasteiger partial charge >= 0.3 is 0 Å². The molecule has 78 valence electrons. The van der Waals surface area contributed by atoms with Crippen molar-refractivity contribution in [1.82, 2.24) is 4.98 Å². The van der Waals surface area contributed by atoms with E-state index >= 15 is 0 Å². The van der Waals surface area contributed by atoms with E-state index in [-0.39, 0.29) is 5.84 Å². The molecule has 5 N–H and O–H groups in total. The molecule has 0 saturated carbocycles. The van der Waals surface area contributed by atoms with Crippen molar-refractivity contribution in [2.45, 2.75) is 6.92 Å². The maximum Gasteiger partial charge on any atom is 0.180 e. The van der Waals surface area contributed by atoms with Crippen molar-refractivity contribution < 1.29 is 0 Å². The minimum Gasteiger partial charge on any atom is -0.383 e. The van der Waals surface area contributed by atoms with Crippen molar-refractivity contribution in [3.05, 3.63) is 21.2 Å². The van der Waals surface area contributed by atoms with Crippen LogP contribution in [0.2, 0.25) is 0 Å². The van der Waals surface area contributed by atoms with Crippen LogP contribution in [-0.2, 0) is 0 Å². The van der Waals surface area contributed by atoms with Gasteiger partial charge in [0.1, 0.15) is 5.84 Å². The lowest BCUT2D eigenvalue weighted by atomic mass is 10.2. The first-order valence-electron chi connectivity index (χ1n) is 4.24. The average molecular weight is 238 g/mol. The molecular weight excluding hydrogens is 228 g/mol. The standard InChI is InChI=1S/C9H10N4S2/c1-4-5(2-7(15-4)8(10)11)6-3-14-9(12)13-6/h2-3H,1H3,(H3,10,11)(H2,12,13). The second kappa shape index (κ2) is 3.63. The molecule has 0 aliphatic heterocycles. The molecular formula is C9H10N4S2. The van der Waals surface area contributed by atoms with Crippen molar-refractivity contribution in [2.24, 2.45) is 5.73 Å². The van der Waals surface area contributed by atoms with Gasteiger partial charge in [-0.1, -0.05) is 0 Å². The Bertz CT molecular complexity index is 512. The van der Waals surface area contributed by atoms with E-state index in [0.29, 0.717) is 5.13 Å². The fourth-order valence-electron chi connectivity index (χ4n) is 1.28. The molecule has 2 heterocycles. The lowest BCUT2D eigenvalue weighted by molar-refractivity contribution is 1.40. The molecule has 2 aromatic heterocycles. The number of rotatable bonds is 2. The Morgan fingerprint density at radius 1 is 1.53 bits per heavy atom. The second-order valence-electron chi connectivity index (χ2n) is 3.07. The van der Waals surface area contributed by atoms with Crippen LogP contribution in [0.5, 0.6) is 0 Å². The van der Waals surface area contributed by atoms with E-state index in [2.05, 4.69) is 4.98 Å². The molecule has 0 aliphatic carbocycles. The zero-order chi connectivity index (χ0) is 11.0. The number of nitrogens with zero attached hydrogens (tertiary/aromatic N) is 1. The number of nitrogen functional groups attached to an aromatic ring is 2. The quantitative estimate of drug-likeness (QED) is 0.552. The van der Waals surface area contributed by atoms with Crippen molar-refractivity contribution in [3.63, 3.8) is 0 Å². The zero-order valence-electron chi connectivity index (χ0n) is 8.07. The Morgan fingerprint density at radius 2 is 2.27 bits per heavy atom. The summed E-state index contributed by atoms with van der Waals surface area (Å²) < 4.78 is 0. The second-order valence-corrected chi connectivity index (χ2v) is 5.21. The van der Waals surface area contributed by atoms with Gasteiger partial charge in [0.15, 0.2) is 5.13 Å². The highest BCUT2D eigenvalue weighted by atomic mass is 32.1. The van der Waals surface area contributed by atoms with E-state index in [1.807, 2.05) is 18.4 Å². The lowest BCUT2D eigenvalue weighted by Crippen LogP contribution is -2.08. The smallest absolute Gasteiger partial charge is 0.180 e. The number of nitrogens with one attached hydrogen (secondary N) is 1. The predicted molar refractivity (Wildman–Crippen MR) is 65.6 cm³/mol. The number of nitrogens with two attached hydrogens (primary N) is 2. The average Bonchev–Trinajstić information content (AvgIpc) is 2.71. The number of anilines is 1. The first-order chi connectivity index (χ1) is 7.08. The van der Waals surface area contributed by atoms with E-state index in [1.54, 1.807) is 0 Å². The highest BCUT2D eigenvalue weighted by Gasteiger charge is 2.11. The van der Waals surface area contributed by atoms with Crippen LogP contribution in [0.15, 0.2) is 11.4 Å². The SMILES string of the molecule is Cc1sc(C(=N)N)cc1-c1csc(N)n1. The number of aromatic nitrogens is 1. The summed E-state index contributed by atoms with van der Waals surface area (Å²) in [7, 11) is 0. The van der Waals surface area contributed by atoms with Crippen LogP contribution < -0.4 is 11.5 Å². The summed E-state index contributed by atoms with van der Waals surface area (Å²) in [5.41, 5.74) is 12.9. The van der Waals surface area contributed by atoms with Crippen molar-refractivity contribution in [1.29, 1.82) is 5.41 Å². The van der Waals surface area contributed by atoms with E-state index < -0.39 is 0 Å². The van der Waals surface area contributed by atoms with Gasteiger partial charge in [-0.15, -0.1) is 22.7 Å². The number of thiazole rings is 1. The molecule has 0 saturated heterocycles. The molecule has 15 heavy (non-hydrogen) atoms. The van der Waals surface area contributed by atoms with Crippen LogP contribution in [-0.4, -0.2) is 10.8 Å². The van der Waals surface area contributed by atoms with E-state index in [0.717, 1.165) is 21.0 Å². The largest absolute Gasteiger partial charge is 0.383 e. The monoisotopic (exact) mass is 238 g/mol. The van der Waals surface area contributed by atoms with E-state index in [9.17, 15) is 0 Å². The molecule has 0 atom stereocenters. The van der Waals surface area contributed by atoms with Crippen molar-refractivity contribution in [2.75, 3.05) is 5.73 Å². The van der Waals surface area contributed by atoms with Crippen LogP contribution in [0.25, 0.3) is 11.3 Å². The normalized spacial score (nSPS) is 10.5. The van der Waals surface area contributed by atoms with Gasteiger partial charge in [-0.25, -0.2) is 4.98 Å². The van der Waals surface area contributed by atoms with Crippen LogP contribution in [0, 0.1) is 12.3 Å². The summed E-state index contributed by atoms with van der Waals surface area (Å²) in [5.74, 6) is 0.0950. The van der Waals surface area contributed by atoms with Gasteiger partial charge < -0.3 is 11.5 Å².